The highest BCUT2D eigenvalue weighted by Crippen LogP contribution is 2.40. The minimum Gasteiger partial charge on any atom is -0.493 e. The summed E-state index contributed by atoms with van der Waals surface area (Å²) in [6.45, 7) is 2.06. The lowest BCUT2D eigenvalue weighted by Gasteiger charge is -2.17. The molecule has 0 saturated carbocycles. The monoisotopic (exact) mass is 294 g/mol. The van der Waals surface area contributed by atoms with Crippen molar-refractivity contribution in [3.63, 3.8) is 0 Å². The molecule has 20 heavy (non-hydrogen) atoms. The van der Waals surface area contributed by atoms with E-state index in [-0.39, 0.29) is 6.04 Å². The third-order valence-corrected chi connectivity index (χ3v) is 3.83. The van der Waals surface area contributed by atoms with Crippen LogP contribution < -0.4 is 19.5 Å². The molecule has 1 aromatic heterocycles. The van der Waals surface area contributed by atoms with Crippen molar-refractivity contribution < 1.29 is 14.2 Å². The van der Waals surface area contributed by atoms with Gasteiger partial charge in [0.05, 0.1) is 27.4 Å². The number of nitrogens with one attached hydrogen (secondary N) is 1. The van der Waals surface area contributed by atoms with Gasteiger partial charge in [0, 0.05) is 29.4 Å². The van der Waals surface area contributed by atoms with E-state index in [0.717, 1.165) is 10.7 Å². The van der Waals surface area contributed by atoms with Crippen LogP contribution in [0.5, 0.6) is 17.2 Å². The number of hydrogen-bond acceptors (Lipinski definition) is 6. The number of hydrogen-bond donors (Lipinski definition) is 1. The lowest BCUT2D eigenvalue weighted by atomic mass is 10.2. The lowest BCUT2D eigenvalue weighted by Crippen LogP contribution is -2.07. The van der Waals surface area contributed by atoms with E-state index in [2.05, 4.69) is 17.2 Å². The van der Waals surface area contributed by atoms with Gasteiger partial charge in [-0.1, -0.05) is 0 Å². The summed E-state index contributed by atoms with van der Waals surface area (Å²) in [7, 11) is 4.79. The molecule has 2 aromatic rings. The minimum absolute atomic E-state index is 0.109. The number of benzene rings is 1. The van der Waals surface area contributed by atoms with Crippen molar-refractivity contribution in [3.8, 4) is 17.2 Å². The van der Waals surface area contributed by atoms with E-state index in [1.165, 1.54) is 0 Å². The molecule has 0 radical (unpaired) electrons. The van der Waals surface area contributed by atoms with Crippen LogP contribution in [0.3, 0.4) is 0 Å². The fraction of sp³-hybridized carbons (Fsp3) is 0.357. The molecule has 1 N–H and O–H groups in total. The van der Waals surface area contributed by atoms with Gasteiger partial charge in [0.2, 0.25) is 5.75 Å². The fourth-order valence-electron chi connectivity index (χ4n) is 1.92. The number of thiazole rings is 1. The second kappa shape index (κ2) is 6.47. The first-order valence-corrected chi connectivity index (χ1v) is 7.03. The highest BCUT2D eigenvalue weighted by Gasteiger charge is 2.15. The van der Waals surface area contributed by atoms with Crippen molar-refractivity contribution in [1.29, 1.82) is 0 Å². The summed E-state index contributed by atoms with van der Waals surface area (Å²) in [6.07, 6.45) is 1.80. The Balaban J connectivity index is 2.28. The molecule has 0 aliphatic heterocycles. The van der Waals surface area contributed by atoms with Crippen LogP contribution in [0.2, 0.25) is 0 Å². The molecule has 0 saturated heterocycles. The van der Waals surface area contributed by atoms with Gasteiger partial charge >= 0.3 is 0 Å². The molecule has 0 amide bonds. The van der Waals surface area contributed by atoms with E-state index >= 15 is 0 Å². The van der Waals surface area contributed by atoms with Crippen LogP contribution >= 0.6 is 11.3 Å². The van der Waals surface area contributed by atoms with E-state index < -0.39 is 0 Å². The number of aromatic nitrogens is 1. The molecule has 1 aromatic carbocycles. The average molecular weight is 294 g/mol. The summed E-state index contributed by atoms with van der Waals surface area (Å²) < 4.78 is 16.0. The van der Waals surface area contributed by atoms with Crippen LogP contribution in [0.4, 0.5) is 5.69 Å². The van der Waals surface area contributed by atoms with Gasteiger partial charge in [0.15, 0.2) is 11.5 Å². The van der Waals surface area contributed by atoms with Gasteiger partial charge in [0.1, 0.15) is 5.01 Å². The number of rotatable bonds is 6. The van der Waals surface area contributed by atoms with Crippen LogP contribution in [0, 0.1) is 0 Å². The molecular weight excluding hydrogens is 276 g/mol. The Morgan fingerprint density at radius 1 is 1.10 bits per heavy atom. The first-order chi connectivity index (χ1) is 9.69. The van der Waals surface area contributed by atoms with Crippen LogP contribution in [0.15, 0.2) is 23.7 Å². The predicted molar refractivity (Wildman–Crippen MR) is 80.2 cm³/mol. The topological polar surface area (TPSA) is 52.6 Å². The SMILES string of the molecule is COc1cc(NC(C)c2nccs2)cc(OC)c1OC. The number of anilines is 1. The van der Waals surface area contributed by atoms with Gasteiger partial charge in [-0.3, -0.25) is 0 Å². The first kappa shape index (κ1) is 14.5. The molecule has 0 spiro atoms. The van der Waals surface area contributed by atoms with Crippen LogP contribution in [-0.4, -0.2) is 26.3 Å². The highest BCUT2D eigenvalue weighted by molar-refractivity contribution is 7.09. The lowest BCUT2D eigenvalue weighted by molar-refractivity contribution is 0.324. The van der Waals surface area contributed by atoms with Crippen molar-refractivity contribution in [2.45, 2.75) is 13.0 Å². The number of nitrogens with zero attached hydrogens (tertiary/aromatic N) is 1. The van der Waals surface area contributed by atoms with Crippen molar-refractivity contribution in [3.05, 3.63) is 28.7 Å². The van der Waals surface area contributed by atoms with E-state index in [4.69, 9.17) is 14.2 Å². The Morgan fingerprint density at radius 2 is 1.75 bits per heavy atom. The van der Waals surface area contributed by atoms with Gasteiger partial charge in [-0.15, -0.1) is 11.3 Å². The molecule has 0 aliphatic carbocycles. The van der Waals surface area contributed by atoms with E-state index in [9.17, 15) is 0 Å². The quantitative estimate of drug-likeness (QED) is 0.885. The average Bonchev–Trinajstić information content (AvgIpc) is 3.00. The zero-order valence-electron chi connectivity index (χ0n) is 12.0. The summed E-state index contributed by atoms with van der Waals surface area (Å²) in [5, 5.41) is 6.37. The molecule has 1 heterocycles. The van der Waals surface area contributed by atoms with E-state index in [1.54, 1.807) is 38.9 Å². The van der Waals surface area contributed by atoms with Gasteiger partial charge < -0.3 is 19.5 Å². The van der Waals surface area contributed by atoms with Crippen molar-refractivity contribution in [2.24, 2.45) is 0 Å². The zero-order chi connectivity index (χ0) is 14.5. The molecular formula is C14H18N2O3S. The standard InChI is InChI=1S/C14H18N2O3S/c1-9(14-15-5-6-20-14)16-10-7-11(17-2)13(19-4)12(8-10)18-3/h5-9,16H,1-4H3. The Labute approximate surface area is 122 Å². The maximum absolute atomic E-state index is 5.33. The van der Waals surface area contributed by atoms with Gasteiger partial charge in [-0.2, -0.15) is 0 Å². The summed E-state index contributed by atoms with van der Waals surface area (Å²) in [4.78, 5) is 4.30. The van der Waals surface area contributed by atoms with Crippen molar-refractivity contribution >= 4 is 17.0 Å². The van der Waals surface area contributed by atoms with E-state index in [1.807, 2.05) is 17.5 Å². The third-order valence-electron chi connectivity index (χ3n) is 2.87. The molecule has 0 fully saturated rings. The first-order valence-electron chi connectivity index (χ1n) is 6.15. The third kappa shape index (κ3) is 2.96. The van der Waals surface area contributed by atoms with E-state index in [0.29, 0.717) is 17.2 Å². The summed E-state index contributed by atoms with van der Waals surface area (Å²) in [5.41, 5.74) is 0.891. The molecule has 108 valence electrons. The van der Waals surface area contributed by atoms with Crippen LogP contribution in [-0.2, 0) is 0 Å². The molecule has 0 bridgehead atoms. The Hall–Kier alpha value is -1.95. The maximum atomic E-state index is 5.33. The molecule has 1 atom stereocenters. The van der Waals surface area contributed by atoms with Gasteiger partial charge in [-0.25, -0.2) is 4.98 Å². The second-order valence-electron chi connectivity index (χ2n) is 4.15. The maximum Gasteiger partial charge on any atom is 0.203 e. The van der Waals surface area contributed by atoms with Crippen LogP contribution in [0.1, 0.15) is 18.0 Å². The summed E-state index contributed by atoms with van der Waals surface area (Å²) in [5.74, 6) is 1.84. The molecule has 6 heteroatoms. The smallest absolute Gasteiger partial charge is 0.203 e. The van der Waals surface area contributed by atoms with Crippen molar-refractivity contribution in [2.75, 3.05) is 26.6 Å². The predicted octanol–water partition coefficient (Wildman–Crippen LogP) is 3.34. The molecule has 0 aliphatic rings. The summed E-state index contributed by atoms with van der Waals surface area (Å²) in [6, 6.07) is 3.87. The van der Waals surface area contributed by atoms with Crippen LogP contribution in [0.25, 0.3) is 0 Å². The normalized spacial score (nSPS) is 11.8. The highest BCUT2D eigenvalue weighted by atomic mass is 32.1. The number of ether oxygens (including phenoxy) is 3. The zero-order valence-corrected chi connectivity index (χ0v) is 12.8. The molecule has 2 rings (SSSR count). The van der Waals surface area contributed by atoms with Crippen molar-refractivity contribution in [1.82, 2.24) is 4.98 Å². The van der Waals surface area contributed by atoms with Gasteiger partial charge in [0.25, 0.3) is 0 Å². The second-order valence-corrected chi connectivity index (χ2v) is 5.08. The Kier molecular flexibility index (Phi) is 4.68. The van der Waals surface area contributed by atoms with Gasteiger partial charge in [-0.05, 0) is 6.92 Å². The largest absolute Gasteiger partial charge is 0.493 e. The molecule has 5 nitrogen and oxygen atoms in total. The minimum atomic E-state index is 0.109. The fourth-order valence-corrected chi connectivity index (χ4v) is 2.57. The Morgan fingerprint density at radius 3 is 2.20 bits per heavy atom. The molecule has 1 unspecified atom stereocenters. The summed E-state index contributed by atoms with van der Waals surface area (Å²) >= 11 is 1.62. The Bertz CT molecular complexity index is 533. The number of methoxy groups -OCH3 is 3.